The minimum Gasteiger partial charge on any atom is -0.469 e. The van der Waals surface area contributed by atoms with E-state index in [1.807, 2.05) is 0 Å². The van der Waals surface area contributed by atoms with Crippen molar-refractivity contribution >= 4 is 39.2 Å². The second-order valence-corrected chi connectivity index (χ2v) is 9.22. The van der Waals surface area contributed by atoms with Crippen molar-refractivity contribution in [3.63, 3.8) is 0 Å². The summed E-state index contributed by atoms with van der Waals surface area (Å²) in [5.74, 6) is -0.620. The highest BCUT2D eigenvalue weighted by molar-refractivity contribution is 7.89. The lowest BCUT2D eigenvalue weighted by molar-refractivity contribution is -0.141. The zero-order valence-corrected chi connectivity index (χ0v) is 18.3. The van der Waals surface area contributed by atoms with Gasteiger partial charge in [0.15, 0.2) is 0 Å². The molecule has 1 N–H and O–H groups in total. The average Bonchev–Trinajstić information content (AvgIpc) is 2.72. The zero-order chi connectivity index (χ0) is 21.9. The standard InChI is InChI=1S/C21H23ClN2O5S/c1-14(25)24-11-3-4-16-12-18(9-10-20(16)24)30(27,28)23-19(13-21(26)29-2)15-5-7-17(22)8-6-15/h5-10,12,19,23H,3-4,11,13H2,1-2H3. The van der Waals surface area contributed by atoms with Crippen LogP contribution in [0.5, 0.6) is 0 Å². The first-order chi connectivity index (χ1) is 14.2. The summed E-state index contributed by atoms with van der Waals surface area (Å²) >= 11 is 5.92. The van der Waals surface area contributed by atoms with Gasteiger partial charge in [0, 0.05) is 24.2 Å². The number of esters is 1. The fraction of sp³-hybridized carbons (Fsp3) is 0.333. The van der Waals surface area contributed by atoms with Gasteiger partial charge in [-0.25, -0.2) is 13.1 Å². The first-order valence-electron chi connectivity index (χ1n) is 9.47. The number of nitrogens with zero attached hydrogens (tertiary/aromatic N) is 1. The summed E-state index contributed by atoms with van der Waals surface area (Å²) in [6.07, 6.45) is 1.28. The highest BCUT2D eigenvalue weighted by Gasteiger charge is 2.27. The molecule has 30 heavy (non-hydrogen) atoms. The SMILES string of the molecule is COC(=O)CC(NS(=O)(=O)c1ccc2c(c1)CCCN2C(C)=O)c1ccc(Cl)cc1. The van der Waals surface area contributed by atoms with Crippen molar-refractivity contribution in [2.45, 2.75) is 37.1 Å². The fourth-order valence-electron chi connectivity index (χ4n) is 3.50. The molecule has 0 radical (unpaired) electrons. The second-order valence-electron chi connectivity index (χ2n) is 7.07. The van der Waals surface area contributed by atoms with Crippen molar-refractivity contribution in [2.75, 3.05) is 18.6 Å². The predicted octanol–water partition coefficient (Wildman–Crippen LogP) is 3.22. The van der Waals surface area contributed by atoms with E-state index in [4.69, 9.17) is 16.3 Å². The lowest BCUT2D eigenvalue weighted by atomic mass is 10.0. The van der Waals surface area contributed by atoms with Crippen LogP contribution >= 0.6 is 11.6 Å². The zero-order valence-electron chi connectivity index (χ0n) is 16.7. The van der Waals surface area contributed by atoms with Crippen LogP contribution in [-0.4, -0.2) is 33.9 Å². The molecule has 2 aromatic carbocycles. The van der Waals surface area contributed by atoms with Gasteiger partial charge in [0.2, 0.25) is 15.9 Å². The van der Waals surface area contributed by atoms with Gasteiger partial charge in [-0.15, -0.1) is 0 Å². The number of aryl methyl sites for hydroxylation is 1. The molecular formula is C21H23ClN2O5S. The summed E-state index contributed by atoms with van der Waals surface area (Å²) in [5, 5.41) is 0.503. The van der Waals surface area contributed by atoms with Crippen molar-refractivity contribution in [2.24, 2.45) is 0 Å². The smallest absolute Gasteiger partial charge is 0.307 e. The Hall–Kier alpha value is -2.42. The number of halogens is 1. The largest absolute Gasteiger partial charge is 0.469 e. The lowest BCUT2D eigenvalue weighted by Crippen LogP contribution is -2.34. The maximum atomic E-state index is 13.1. The molecular weight excluding hydrogens is 428 g/mol. The summed E-state index contributed by atoms with van der Waals surface area (Å²) < 4.78 is 33.5. The van der Waals surface area contributed by atoms with Crippen LogP contribution in [0.25, 0.3) is 0 Å². The van der Waals surface area contributed by atoms with Gasteiger partial charge in [0.1, 0.15) is 0 Å². The van der Waals surface area contributed by atoms with Gasteiger partial charge in [-0.2, -0.15) is 0 Å². The molecule has 0 aromatic heterocycles. The molecule has 1 aliphatic rings. The van der Waals surface area contributed by atoms with E-state index in [1.54, 1.807) is 41.3 Å². The highest BCUT2D eigenvalue weighted by Crippen LogP contribution is 2.30. The van der Waals surface area contributed by atoms with Gasteiger partial charge in [-0.1, -0.05) is 23.7 Å². The van der Waals surface area contributed by atoms with E-state index >= 15 is 0 Å². The summed E-state index contributed by atoms with van der Waals surface area (Å²) in [6, 6.07) is 10.5. The van der Waals surface area contributed by atoms with E-state index in [9.17, 15) is 18.0 Å². The number of fused-ring (bicyclic) bond motifs is 1. The quantitative estimate of drug-likeness (QED) is 0.682. The average molecular weight is 451 g/mol. The van der Waals surface area contributed by atoms with Gasteiger partial charge in [0.05, 0.1) is 24.5 Å². The molecule has 1 unspecified atom stereocenters. The van der Waals surface area contributed by atoms with Gasteiger partial charge < -0.3 is 9.64 Å². The van der Waals surface area contributed by atoms with Crippen molar-refractivity contribution in [3.8, 4) is 0 Å². The Kier molecular flexibility index (Phi) is 6.80. The molecule has 9 heteroatoms. The molecule has 0 saturated heterocycles. The van der Waals surface area contributed by atoms with Gasteiger partial charge in [-0.3, -0.25) is 9.59 Å². The number of ether oxygens (including phenoxy) is 1. The Labute approximate surface area is 181 Å². The number of amides is 1. The third-order valence-corrected chi connectivity index (χ3v) is 6.75. The maximum absolute atomic E-state index is 13.1. The summed E-state index contributed by atoms with van der Waals surface area (Å²) in [6.45, 7) is 2.11. The molecule has 0 aliphatic carbocycles. The molecule has 0 saturated carbocycles. The fourth-order valence-corrected chi connectivity index (χ4v) is 4.90. The van der Waals surface area contributed by atoms with Crippen LogP contribution in [0, 0.1) is 0 Å². The van der Waals surface area contributed by atoms with E-state index in [0.717, 1.165) is 17.7 Å². The van der Waals surface area contributed by atoms with Crippen molar-refractivity contribution < 1.29 is 22.7 Å². The molecule has 0 bridgehead atoms. The molecule has 3 rings (SSSR count). The monoisotopic (exact) mass is 450 g/mol. The van der Waals surface area contributed by atoms with Crippen molar-refractivity contribution in [1.29, 1.82) is 0 Å². The number of methoxy groups -OCH3 is 1. The van der Waals surface area contributed by atoms with Crippen molar-refractivity contribution in [1.82, 2.24) is 4.72 Å². The molecule has 1 aliphatic heterocycles. The van der Waals surface area contributed by atoms with Crippen LogP contribution in [-0.2, 0) is 30.8 Å². The lowest BCUT2D eigenvalue weighted by Gasteiger charge is -2.29. The normalized spacial score (nSPS) is 14.7. The summed E-state index contributed by atoms with van der Waals surface area (Å²) in [4.78, 5) is 25.4. The molecule has 7 nitrogen and oxygen atoms in total. The number of benzene rings is 2. The Bertz CT molecular complexity index is 1050. The molecule has 0 fully saturated rings. The van der Waals surface area contributed by atoms with Gasteiger partial charge in [0.25, 0.3) is 0 Å². The van der Waals surface area contributed by atoms with Crippen LogP contribution < -0.4 is 9.62 Å². The van der Waals surface area contributed by atoms with E-state index < -0.39 is 22.0 Å². The number of rotatable bonds is 6. The number of hydrogen-bond donors (Lipinski definition) is 1. The van der Waals surface area contributed by atoms with E-state index in [1.165, 1.54) is 20.1 Å². The number of nitrogens with one attached hydrogen (secondary N) is 1. The molecule has 0 spiro atoms. The summed E-state index contributed by atoms with van der Waals surface area (Å²) in [7, 11) is -2.69. The first-order valence-corrected chi connectivity index (χ1v) is 11.3. The maximum Gasteiger partial charge on any atom is 0.307 e. The van der Waals surface area contributed by atoms with E-state index in [2.05, 4.69) is 4.72 Å². The number of carbonyl (C=O) groups excluding carboxylic acids is 2. The molecule has 1 heterocycles. The van der Waals surface area contributed by atoms with Gasteiger partial charge in [-0.05, 0) is 54.3 Å². The van der Waals surface area contributed by atoms with Crippen molar-refractivity contribution in [3.05, 3.63) is 58.6 Å². The van der Waals surface area contributed by atoms with E-state index in [0.29, 0.717) is 23.6 Å². The Morgan fingerprint density at radius 1 is 1.20 bits per heavy atom. The minimum atomic E-state index is -3.94. The summed E-state index contributed by atoms with van der Waals surface area (Å²) in [5.41, 5.74) is 2.13. The van der Waals surface area contributed by atoms with Crippen LogP contribution in [0.2, 0.25) is 5.02 Å². The molecule has 160 valence electrons. The number of sulfonamides is 1. The van der Waals surface area contributed by atoms with Gasteiger partial charge >= 0.3 is 5.97 Å². The highest BCUT2D eigenvalue weighted by atomic mass is 35.5. The topological polar surface area (TPSA) is 92.8 Å². The van der Waals surface area contributed by atoms with E-state index in [-0.39, 0.29) is 17.2 Å². The second kappa shape index (κ2) is 9.16. The Balaban J connectivity index is 1.91. The number of carbonyl (C=O) groups is 2. The first kappa shape index (κ1) is 22.3. The molecule has 1 amide bonds. The minimum absolute atomic E-state index is 0.0782. The molecule has 2 aromatic rings. The van der Waals surface area contributed by atoms with Crippen LogP contribution in [0.4, 0.5) is 5.69 Å². The predicted molar refractivity (Wildman–Crippen MR) is 114 cm³/mol. The molecule has 1 atom stereocenters. The third kappa shape index (κ3) is 5.00. The van der Waals surface area contributed by atoms with Crippen LogP contribution in [0.1, 0.15) is 36.9 Å². The van der Waals surface area contributed by atoms with Crippen LogP contribution in [0.15, 0.2) is 47.4 Å². The Morgan fingerprint density at radius 2 is 1.90 bits per heavy atom. The van der Waals surface area contributed by atoms with Crippen LogP contribution in [0.3, 0.4) is 0 Å². The number of hydrogen-bond acceptors (Lipinski definition) is 5. The third-order valence-electron chi connectivity index (χ3n) is 5.03. The Morgan fingerprint density at radius 3 is 2.53 bits per heavy atom. The number of anilines is 1.